The van der Waals surface area contributed by atoms with E-state index in [9.17, 15) is 0 Å². The Hall–Kier alpha value is -1.24. The van der Waals surface area contributed by atoms with Crippen LogP contribution < -0.4 is 0 Å². The van der Waals surface area contributed by atoms with Gasteiger partial charge in [0.15, 0.2) is 0 Å². The highest BCUT2D eigenvalue weighted by molar-refractivity contribution is 5.33. The van der Waals surface area contributed by atoms with Gasteiger partial charge in [0.05, 0.1) is 0 Å². The van der Waals surface area contributed by atoms with Crippen LogP contribution in [0.5, 0.6) is 0 Å². The molecule has 1 unspecified atom stereocenters. The molecule has 1 aliphatic rings. The fourth-order valence-electron chi connectivity index (χ4n) is 1.66. The van der Waals surface area contributed by atoms with Gasteiger partial charge in [0.1, 0.15) is 0 Å². The van der Waals surface area contributed by atoms with Gasteiger partial charge < -0.3 is 4.90 Å². The lowest BCUT2D eigenvalue weighted by Gasteiger charge is -2.20. The van der Waals surface area contributed by atoms with Crippen LogP contribution in [-0.4, -0.2) is 11.9 Å². The van der Waals surface area contributed by atoms with Gasteiger partial charge in [0, 0.05) is 18.9 Å². The summed E-state index contributed by atoms with van der Waals surface area (Å²) in [4.78, 5) is 2.17. The number of nitrogens with zero attached hydrogens (tertiary/aromatic N) is 1. The van der Waals surface area contributed by atoms with Crippen molar-refractivity contribution in [3.63, 3.8) is 0 Å². The quantitative estimate of drug-likeness (QED) is 0.636. The van der Waals surface area contributed by atoms with Gasteiger partial charge in [0.2, 0.25) is 0 Å². The molecular formula is C15H23N. The van der Waals surface area contributed by atoms with Crippen molar-refractivity contribution < 1.29 is 0 Å². The van der Waals surface area contributed by atoms with E-state index in [1.54, 1.807) is 0 Å². The van der Waals surface area contributed by atoms with Crippen LogP contribution in [0.1, 0.15) is 33.6 Å². The highest BCUT2D eigenvalue weighted by Crippen LogP contribution is 2.17. The Morgan fingerprint density at radius 2 is 2.19 bits per heavy atom. The number of hydrogen-bond acceptors (Lipinski definition) is 1. The minimum absolute atomic E-state index is 0.625. The van der Waals surface area contributed by atoms with Crippen LogP contribution in [0.15, 0.2) is 47.9 Å². The lowest BCUT2D eigenvalue weighted by atomic mass is 10.0. The fraction of sp³-hybridized carbons (Fsp3) is 0.467. The molecule has 1 heteroatoms. The van der Waals surface area contributed by atoms with E-state index >= 15 is 0 Å². The van der Waals surface area contributed by atoms with E-state index in [-0.39, 0.29) is 0 Å². The van der Waals surface area contributed by atoms with Crippen molar-refractivity contribution in [1.29, 1.82) is 0 Å². The number of likely N-dealkylation sites (N-methyl/N-ethyl adjacent to an activating group) is 1. The van der Waals surface area contributed by atoms with E-state index in [4.69, 9.17) is 0 Å². The van der Waals surface area contributed by atoms with Crippen molar-refractivity contribution in [2.24, 2.45) is 5.92 Å². The molecule has 16 heavy (non-hydrogen) atoms. The van der Waals surface area contributed by atoms with Crippen LogP contribution in [0.3, 0.4) is 0 Å². The normalized spacial score (nSPS) is 20.6. The van der Waals surface area contributed by atoms with Crippen molar-refractivity contribution in [1.82, 2.24) is 4.90 Å². The van der Waals surface area contributed by atoms with Crippen molar-refractivity contribution in [2.75, 3.05) is 7.05 Å². The Balaban J connectivity index is 2.57. The maximum Gasteiger partial charge on any atom is 0.0365 e. The average Bonchev–Trinajstić information content (AvgIpc) is 2.27. The van der Waals surface area contributed by atoms with Gasteiger partial charge >= 0.3 is 0 Å². The van der Waals surface area contributed by atoms with Gasteiger partial charge in [0.25, 0.3) is 0 Å². The highest BCUT2D eigenvalue weighted by Gasteiger charge is 2.04. The molecule has 1 nitrogen and oxygen atoms in total. The van der Waals surface area contributed by atoms with E-state index in [2.05, 4.69) is 69.3 Å². The number of hydrogen-bond donors (Lipinski definition) is 0. The van der Waals surface area contributed by atoms with Gasteiger partial charge in [-0.3, -0.25) is 0 Å². The van der Waals surface area contributed by atoms with Gasteiger partial charge in [-0.05, 0) is 43.4 Å². The van der Waals surface area contributed by atoms with Crippen LogP contribution in [-0.2, 0) is 0 Å². The van der Waals surface area contributed by atoms with Crippen LogP contribution in [0.25, 0.3) is 0 Å². The van der Waals surface area contributed by atoms with Crippen LogP contribution in [0, 0.1) is 5.92 Å². The van der Waals surface area contributed by atoms with Crippen molar-refractivity contribution >= 4 is 0 Å². The molecule has 0 aliphatic carbocycles. The number of rotatable bonds is 4. The van der Waals surface area contributed by atoms with Gasteiger partial charge in [-0.15, -0.1) is 0 Å². The Morgan fingerprint density at radius 3 is 2.88 bits per heavy atom. The topological polar surface area (TPSA) is 3.24 Å². The summed E-state index contributed by atoms with van der Waals surface area (Å²) < 4.78 is 0. The third-order valence-corrected chi connectivity index (χ3v) is 2.74. The summed E-state index contributed by atoms with van der Waals surface area (Å²) in [6.07, 6.45) is 15.6. The van der Waals surface area contributed by atoms with Crippen LogP contribution in [0.4, 0.5) is 0 Å². The molecule has 0 aromatic rings. The maximum absolute atomic E-state index is 2.32. The van der Waals surface area contributed by atoms with E-state index in [0.29, 0.717) is 5.92 Å². The van der Waals surface area contributed by atoms with E-state index in [1.165, 1.54) is 11.3 Å². The molecule has 1 aliphatic heterocycles. The molecule has 0 radical (unpaired) electrons. The summed E-state index contributed by atoms with van der Waals surface area (Å²) in [5.74, 6) is 0.625. The second kappa shape index (κ2) is 6.37. The molecule has 1 atom stereocenters. The summed E-state index contributed by atoms with van der Waals surface area (Å²) in [7, 11) is 2.10. The summed E-state index contributed by atoms with van der Waals surface area (Å²) in [5, 5.41) is 0. The Kier molecular flexibility index (Phi) is 5.10. The lowest BCUT2D eigenvalue weighted by Crippen LogP contribution is -2.11. The predicted octanol–water partition coefficient (Wildman–Crippen LogP) is 4.27. The van der Waals surface area contributed by atoms with Crippen molar-refractivity contribution in [3.8, 4) is 0 Å². The molecule has 0 amide bonds. The largest absolute Gasteiger partial charge is 0.351 e. The monoisotopic (exact) mass is 217 g/mol. The Bertz CT molecular complexity index is 331. The molecular weight excluding hydrogens is 194 g/mol. The summed E-state index contributed by atoms with van der Waals surface area (Å²) in [6, 6.07) is 0. The van der Waals surface area contributed by atoms with Gasteiger partial charge in [-0.1, -0.05) is 32.1 Å². The Labute approximate surface area is 99.8 Å². The maximum atomic E-state index is 2.32. The molecule has 0 N–H and O–H groups in total. The van der Waals surface area contributed by atoms with Gasteiger partial charge in [-0.25, -0.2) is 0 Å². The molecule has 0 fully saturated rings. The highest BCUT2D eigenvalue weighted by atomic mass is 15.1. The predicted molar refractivity (Wildman–Crippen MR) is 72.0 cm³/mol. The molecule has 0 saturated carbocycles. The van der Waals surface area contributed by atoms with Crippen molar-refractivity contribution in [2.45, 2.75) is 33.6 Å². The first-order valence-electron chi connectivity index (χ1n) is 6.09. The molecule has 0 aromatic heterocycles. The van der Waals surface area contributed by atoms with Crippen LogP contribution >= 0.6 is 0 Å². The van der Waals surface area contributed by atoms with E-state index in [0.717, 1.165) is 12.8 Å². The average molecular weight is 217 g/mol. The first kappa shape index (κ1) is 12.8. The van der Waals surface area contributed by atoms with Crippen molar-refractivity contribution in [3.05, 3.63) is 47.9 Å². The van der Waals surface area contributed by atoms with E-state index < -0.39 is 0 Å². The minimum Gasteiger partial charge on any atom is -0.351 e. The standard InChI is InChI=1S/C15H23N/c1-5-6-7-13(2)8-9-15-12-14(3)10-11-16(15)4/h6-7,9-13H,5,8H2,1-4H3/b7-6+,15-9+. The lowest BCUT2D eigenvalue weighted by molar-refractivity contribution is 0.572. The zero-order valence-electron chi connectivity index (χ0n) is 10.9. The minimum atomic E-state index is 0.625. The zero-order chi connectivity index (χ0) is 12.0. The third kappa shape index (κ3) is 4.09. The smallest absolute Gasteiger partial charge is 0.0365 e. The molecule has 0 bridgehead atoms. The fourth-order valence-corrected chi connectivity index (χ4v) is 1.66. The molecule has 1 rings (SSSR count). The molecule has 0 aromatic carbocycles. The second-order valence-electron chi connectivity index (χ2n) is 4.49. The summed E-state index contributed by atoms with van der Waals surface area (Å²) in [5.41, 5.74) is 2.62. The first-order valence-corrected chi connectivity index (χ1v) is 6.09. The molecule has 1 heterocycles. The zero-order valence-corrected chi connectivity index (χ0v) is 10.9. The Morgan fingerprint density at radius 1 is 1.44 bits per heavy atom. The molecule has 0 saturated heterocycles. The van der Waals surface area contributed by atoms with E-state index in [1.807, 2.05) is 0 Å². The SMILES string of the molecule is CC/C=C/C(C)C/C=C1\C=C(C)C=CN1C. The first-order chi connectivity index (χ1) is 7.63. The second-order valence-corrected chi connectivity index (χ2v) is 4.49. The van der Waals surface area contributed by atoms with Gasteiger partial charge in [-0.2, -0.15) is 0 Å². The summed E-state index contributed by atoms with van der Waals surface area (Å²) in [6.45, 7) is 6.57. The van der Waals surface area contributed by atoms with Crippen LogP contribution in [0.2, 0.25) is 0 Å². The molecule has 88 valence electrons. The molecule has 0 spiro atoms. The third-order valence-electron chi connectivity index (χ3n) is 2.74. The number of allylic oxidation sites excluding steroid dienone is 6. The summed E-state index contributed by atoms with van der Waals surface area (Å²) >= 11 is 0.